The van der Waals surface area contributed by atoms with Crippen molar-refractivity contribution in [1.29, 1.82) is 0 Å². The summed E-state index contributed by atoms with van der Waals surface area (Å²) in [5.74, 6) is 0. The van der Waals surface area contributed by atoms with E-state index < -0.39 is 0 Å². The van der Waals surface area contributed by atoms with E-state index in [4.69, 9.17) is 5.73 Å². The number of thiazole rings is 1. The van der Waals surface area contributed by atoms with Gasteiger partial charge in [-0.3, -0.25) is 0 Å². The molecule has 0 aromatic carbocycles. The number of hydrogen-bond donors (Lipinski definition) is 1. The fraction of sp³-hybridized carbons (Fsp3) is 0.667. The minimum absolute atomic E-state index is 0.450. The van der Waals surface area contributed by atoms with Crippen molar-refractivity contribution in [2.45, 2.75) is 33.1 Å². The van der Waals surface area contributed by atoms with Crippen LogP contribution in [0.1, 0.15) is 30.8 Å². The molecule has 0 saturated heterocycles. The zero-order chi connectivity index (χ0) is 8.77. The quantitative estimate of drug-likeness (QED) is 0.668. The fourth-order valence-electron chi connectivity index (χ4n) is 1.72. The summed E-state index contributed by atoms with van der Waals surface area (Å²) in [6, 6.07) is 0. The third-order valence-corrected chi connectivity index (χ3v) is 3.40. The molecular weight excluding hydrogens is 168 g/mol. The van der Waals surface area contributed by atoms with E-state index in [1.54, 1.807) is 11.3 Å². The van der Waals surface area contributed by atoms with E-state index in [1.807, 2.05) is 0 Å². The molecule has 0 atom stereocenters. The van der Waals surface area contributed by atoms with Crippen molar-refractivity contribution >= 4 is 16.5 Å². The molecule has 0 bridgehead atoms. The molecule has 2 nitrogen and oxygen atoms in total. The Morgan fingerprint density at radius 1 is 1.50 bits per heavy atom. The number of rotatable bonds is 0. The molecule has 0 radical (unpaired) electrons. The van der Waals surface area contributed by atoms with Crippen LogP contribution in [0, 0.1) is 5.41 Å². The Bertz CT molecular complexity index is 301. The zero-order valence-electron chi connectivity index (χ0n) is 7.55. The van der Waals surface area contributed by atoms with Crippen molar-refractivity contribution in [1.82, 2.24) is 4.98 Å². The van der Waals surface area contributed by atoms with Gasteiger partial charge in [-0.15, -0.1) is 11.3 Å². The number of hydrogen-bond acceptors (Lipinski definition) is 3. The molecule has 0 aliphatic heterocycles. The summed E-state index contributed by atoms with van der Waals surface area (Å²) in [6.07, 6.45) is 3.50. The molecule has 0 amide bonds. The van der Waals surface area contributed by atoms with Crippen molar-refractivity contribution in [2.75, 3.05) is 5.73 Å². The highest BCUT2D eigenvalue weighted by molar-refractivity contribution is 7.15. The van der Waals surface area contributed by atoms with Crippen molar-refractivity contribution in [3.05, 3.63) is 10.6 Å². The highest BCUT2D eigenvalue weighted by Crippen LogP contribution is 2.37. The number of aromatic nitrogens is 1. The molecule has 0 unspecified atom stereocenters. The number of nitrogens with two attached hydrogens (primary N) is 1. The second-order valence-corrected chi connectivity index (χ2v) is 5.38. The lowest BCUT2D eigenvalue weighted by molar-refractivity contribution is 0.316. The predicted molar refractivity (Wildman–Crippen MR) is 52.3 cm³/mol. The first-order valence-electron chi connectivity index (χ1n) is 4.31. The molecule has 12 heavy (non-hydrogen) atoms. The average molecular weight is 182 g/mol. The summed E-state index contributed by atoms with van der Waals surface area (Å²) >= 11 is 1.66. The van der Waals surface area contributed by atoms with E-state index in [-0.39, 0.29) is 0 Å². The topological polar surface area (TPSA) is 38.9 Å². The molecular formula is C9H14N2S. The first-order valence-corrected chi connectivity index (χ1v) is 5.12. The Morgan fingerprint density at radius 3 is 3.00 bits per heavy atom. The van der Waals surface area contributed by atoms with Crippen molar-refractivity contribution in [3.8, 4) is 0 Å². The second kappa shape index (κ2) is 2.46. The van der Waals surface area contributed by atoms with E-state index in [2.05, 4.69) is 18.8 Å². The maximum absolute atomic E-state index is 5.65. The number of nitrogen functional groups attached to an aromatic ring is 1. The highest BCUT2D eigenvalue weighted by Gasteiger charge is 2.27. The summed E-state index contributed by atoms with van der Waals surface area (Å²) in [7, 11) is 0. The van der Waals surface area contributed by atoms with E-state index in [9.17, 15) is 0 Å². The summed E-state index contributed by atoms with van der Waals surface area (Å²) in [5.41, 5.74) is 7.35. The fourth-order valence-corrected chi connectivity index (χ4v) is 2.85. The molecule has 0 saturated carbocycles. The summed E-state index contributed by atoms with van der Waals surface area (Å²) in [4.78, 5) is 5.72. The normalized spacial score (nSPS) is 20.5. The largest absolute Gasteiger partial charge is 0.375 e. The molecule has 2 rings (SSSR count). The Hall–Kier alpha value is -0.570. The molecule has 1 aliphatic carbocycles. The van der Waals surface area contributed by atoms with Crippen LogP contribution in [0.25, 0.3) is 0 Å². The average Bonchev–Trinajstić information content (AvgIpc) is 2.26. The lowest BCUT2D eigenvalue weighted by atomic mass is 9.79. The standard InChI is InChI=1S/C9H14N2S/c1-9(2)4-3-6-7(5-9)12-8(10)11-6/h3-5H2,1-2H3,(H2,10,11). The summed E-state index contributed by atoms with van der Waals surface area (Å²) < 4.78 is 0. The third kappa shape index (κ3) is 1.33. The number of nitrogens with zero attached hydrogens (tertiary/aromatic N) is 1. The van der Waals surface area contributed by atoms with Gasteiger partial charge in [-0.1, -0.05) is 13.8 Å². The Balaban J connectivity index is 2.34. The lowest BCUT2D eigenvalue weighted by Crippen LogP contribution is -2.20. The van der Waals surface area contributed by atoms with Gasteiger partial charge in [0.2, 0.25) is 0 Å². The second-order valence-electron chi connectivity index (χ2n) is 4.26. The molecule has 3 heteroatoms. The Kier molecular flexibility index (Phi) is 1.65. The lowest BCUT2D eigenvalue weighted by Gasteiger charge is -2.28. The van der Waals surface area contributed by atoms with Crippen molar-refractivity contribution < 1.29 is 0 Å². The van der Waals surface area contributed by atoms with Gasteiger partial charge >= 0.3 is 0 Å². The van der Waals surface area contributed by atoms with Crippen LogP contribution in [0.2, 0.25) is 0 Å². The molecule has 1 heterocycles. The van der Waals surface area contributed by atoms with Gasteiger partial charge in [0, 0.05) is 4.88 Å². The molecule has 1 aliphatic rings. The smallest absolute Gasteiger partial charge is 0.180 e. The van der Waals surface area contributed by atoms with Crippen LogP contribution >= 0.6 is 11.3 Å². The first kappa shape index (κ1) is 8.05. The molecule has 66 valence electrons. The first-order chi connectivity index (χ1) is 5.57. The van der Waals surface area contributed by atoms with Crippen LogP contribution in [0.15, 0.2) is 0 Å². The van der Waals surface area contributed by atoms with Gasteiger partial charge in [-0.25, -0.2) is 4.98 Å². The van der Waals surface area contributed by atoms with Gasteiger partial charge in [0.1, 0.15) is 0 Å². The van der Waals surface area contributed by atoms with Gasteiger partial charge in [0.25, 0.3) is 0 Å². The molecule has 0 fully saturated rings. The van der Waals surface area contributed by atoms with E-state index in [0.29, 0.717) is 5.41 Å². The van der Waals surface area contributed by atoms with E-state index in [0.717, 1.165) is 18.0 Å². The predicted octanol–water partition coefficient (Wildman–Crippen LogP) is 2.24. The maximum atomic E-state index is 5.65. The third-order valence-electron chi connectivity index (χ3n) is 2.47. The Morgan fingerprint density at radius 2 is 2.25 bits per heavy atom. The van der Waals surface area contributed by atoms with Gasteiger partial charge in [0.15, 0.2) is 5.13 Å². The molecule has 1 aromatic heterocycles. The highest BCUT2D eigenvalue weighted by atomic mass is 32.1. The van der Waals surface area contributed by atoms with Crippen molar-refractivity contribution in [2.24, 2.45) is 5.41 Å². The van der Waals surface area contributed by atoms with Crippen LogP contribution in [-0.2, 0) is 12.8 Å². The van der Waals surface area contributed by atoms with Gasteiger partial charge in [-0.2, -0.15) is 0 Å². The van der Waals surface area contributed by atoms with Crippen LogP contribution in [-0.4, -0.2) is 4.98 Å². The Labute approximate surface area is 76.8 Å². The maximum Gasteiger partial charge on any atom is 0.180 e. The van der Waals surface area contributed by atoms with Crippen LogP contribution in [0.4, 0.5) is 5.13 Å². The number of anilines is 1. The minimum atomic E-state index is 0.450. The van der Waals surface area contributed by atoms with Gasteiger partial charge in [-0.05, 0) is 24.7 Å². The van der Waals surface area contributed by atoms with Crippen molar-refractivity contribution in [3.63, 3.8) is 0 Å². The van der Waals surface area contributed by atoms with E-state index in [1.165, 1.54) is 17.0 Å². The molecule has 2 N–H and O–H groups in total. The molecule has 0 spiro atoms. The van der Waals surface area contributed by atoms with Crippen LogP contribution < -0.4 is 5.73 Å². The monoisotopic (exact) mass is 182 g/mol. The van der Waals surface area contributed by atoms with Gasteiger partial charge in [0.05, 0.1) is 5.69 Å². The zero-order valence-corrected chi connectivity index (χ0v) is 8.37. The minimum Gasteiger partial charge on any atom is -0.375 e. The van der Waals surface area contributed by atoms with Gasteiger partial charge < -0.3 is 5.73 Å². The SMILES string of the molecule is CC1(C)CCc2nc(N)sc2C1. The summed E-state index contributed by atoms with van der Waals surface area (Å²) in [6.45, 7) is 4.62. The number of aryl methyl sites for hydroxylation is 1. The van der Waals surface area contributed by atoms with Crippen LogP contribution in [0.3, 0.4) is 0 Å². The van der Waals surface area contributed by atoms with E-state index >= 15 is 0 Å². The molecule has 1 aromatic rings. The summed E-state index contributed by atoms with van der Waals surface area (Å²) in [5, 5.41) is 0.734. The van der Waals surface area contributed by atoms with Crippen LogP contribution in [0.5, 0.6) is 0 Å². The number of fused-ring (bicyclic) bond motifs is 1.